The molecule has 1 fully saturated rings. The van der Waals surface area contributed by atoms with Gasteiger partial charge in [0, 0.05) is 13.7 Å². The maximum atomic E-state index is 12.1. The fraction of sp³-hybridized carbons (Fsp3) is 0.467. The molecule has 0 spiro atoms. The highest BCUT2D eigenvalue weighted by Crippen LogP contribution is 2.19. The van der Waals surface area contributed by atoms with Crippen LogP contribution < -0.4 is 10.1 Å². The number of hydrogen-bond acceptors (Lipinski definition) is 5. The molecule has 22 heavy (non-hydrogen) atoms. The number of ether oxygens (including phenoxy) is 3. The molecule has 7 heteroatoms. The zero-order valence-corrected chi connectivity index (χ0v) is 12.7. The molecule has 1 heterocycles. The van der Waals surface area contributed by atoms with Crippen molar-refractivity contribution in [2.24, 2.45) is 0 Å². The van der Waals surface area contributed by atoms with Gasteiger partial charge in [-0.1, -0.05) is 12.1 Å². The Morgan fingerprint density at radius 3 is 3.00 bits per heavy atom. The molecule has 0 saturated carbocycles. The molecular weight excluding hydrogens is 288 g/mol. The SMILES string of the molecule is COCCNC(=O)[C@@H]1COC(=O)N1Cc1cccc(OC)c1. The van der Waals surface area contributed by atoms with E-state index in [1.807, 2.05) is 24.3 Å². The van der Waals surface area contributed by atoms with Crippen LogP contribution in [-0.4, -0.2) is 56.9 Å². The molecule has 2 rings (SSSR count). The van der Waals surface area contributed by atoms with Crippen LogP contribution in [0.25, 0.3) is 0 Å². The Bertz CT molecular complexity index is 534. The fourth-order valence-corrected chi connectivity index (χ4v) is 2.20. The third kappa shape index (κ3) is 3.88. The number of cyclic esters (lactones) is 1. The Kier molecular flexibility index (Phi) is 5.60. The largest absolute Gasteiger partial charge is 0.497 e. The van der Waals surface area contributed by atoms with Gasteiger partial charge in [-0.2, -0.15) is 0 Å². The predicted octanol–water partition coefficient (Wildman–Crippen LogP) is 0.779. The van der Waals surface area contributed by atoms with E-state index in [1.54, 1.807) is 14.2 Å². The highest BCUT2D eigenvalue weighted by atomic mass is 16.6. The number of amides is 2. The number of benzene rings is 1. The van der Waals surface area contributed by atoms with E-state index in [9.17, 15) is 9.59 Å². The first-order chi connectivity index (χ1) is 10.7. The molecule has 1 N–H and O–H groups in total. The van der Waals surface area contributed by atoms with Gasteiger partial charge in [-0.05, 0) is 17.7 Å². The molecule has 1 aliphatic heterocycles. The Labute approximate surface area is 129 Å². The highest BCUT2D eigenvalue weighted by molar-refractivity contribution is 5.87. The van der Waals surface area contributed by atoms with Crippen molar-refractivity contribution in [1.29, 1.82) is 0 Å². The first-order valence-corrected chi connectivity index (χ1v) is 6.98. The second kappa shape index (κ2) is 7.65. The van der Waals surface area contributed by atoms with Crippen LogP contribution in [0.1, 0.15) is 5.56 Å². The lowest BCUT2D eigenvalue weighted by Crippen LogP contribution is -2.46. The van der Waals surface area contributed by atoms with E-state index in [0.717, 1.165) is 5.56 Å². The highest BCUT2D eigenvalue weighted by Gasteiger charge is 2.37. The van der Waals surface area contributed by atoms with Gasteiger partial charge in [0.15, 0.2) is 0 Å². The molecule has 0 aliphatic carbocycles. The molecule has 7 nitrogen and oxygen atoms in total. The number of methoxy groups -OCH3 is 2. The molecule has 120 valence electrons. The Morgan fingerprint density at radius 1 is 1.45 bits per heavy atom. The zero-order valence-electron chi connectivity index (χ0n) is 12.7. The summed E-state index contributed by atoms with van der Waals surface area (Å²) in [6.07, 6.45) is -0.491. The van der Waals surface area contributed by atoms with Crippen molar-refractivity contribution in [3.8, 4) is 5.75 Å². The first kappa shape index (κ1) is 16.1. The van der Waals surface area contributed by atoms with Crippen LogP contribution in [0.15, 0.2) is 24.3 Å². The number of nitrogens with one attached hydrogen (secondary N) is 1. The van der Waals surface area contributed by atoms with Crippen LogP contribution in [0.5, 0.6) is 5.75 Å². The zero-order chi connectivity index (χ0) is 15.9. The van der Waals surface area contributed by atoms with Crippen LogP contribution in [0.4, 0.5) is 4.79 Å². The number of carbonyl (C=O) groups is 2. The molecule has 1 aliphatic rings. The third-order valence-corrected chi connectivity index (χ3v) is 3.37. The minimum Gasteiger partial charge on any atom is -0.497 e. The quantitative estimate of drug-likeness (QED) is 0.753. The molecule has 1 saturated heterocycles. The van der Waals surface area contributed by atoms with Gasteiger partial charge in [-0.25, -0.2) is 4.79 Å². The molecule has 1 aromatic carbocycles. The number of rotatable bonds is 7. The number of nitrogens with zero attached hydrogens (tertiary/aromatic N) is 1. The van der Waals surface area contributed by atoms with Crippen molar-refractivity contribution < 1.29 is 23.8 Å². The second-order valence-electron chi connectivity index (χ2n) is 4.86. The summed E-state index contributed by atoms with van der Waals surface area (Å²) in [5.41, 5.74) is 0.868. The van der Waals surface area contributed by atoms with Crippen molar-refractivity contribution in [1.82, 2.24) is 10.2 Å². The molecule has 0 unspecified atom stereocenters. The van der Waals surface area contributed by atoms with Crippen molar-refractivity contribution in [3.63, 3.8) is 0 Å². The van der Waals surface area contributed by atoms with Crippen LogP contribution in [0.2, 0.25) is 0 Å². The van der Waals surface area contributed by atoms with Gasteiger partial charge in [0.05, 0.1) is 20.3 Å². The van der Waals surface area contributed by atoms with Gasteiger partial charge in [-0.15, -0.1) is 0 Å². The number of hydrogen-bond donors (Lipinski definition) is 1. The van der Waals surface area contributed by atoms with Crippen molar-refractivity contribution in [2.75, 3.05) is 34.0 Å². The Hall–Kier alpha value is -2.28. The van der Waals surface area contributed by atoms with Crippen molar-refractivity contribution >= 4 is 12.0 Å². The first-order valence-electron chi connectivity index (χ1n) is 6.98. The third-order valence-electron chi connectivity index (χ3n) is 3.37. The van der Waals surface area contributed by atoms with Crippen LogP contribution in [0, 0.1) is 0 Å². The summed E-state index contributed by atoms with van der Waals surface area (Å²) in [6, 6.07) is 6.72. The standard InChI is InChI=1S/C15H20N2O5/c1-20-7-6-16-14(18)13-10-22-15(19)17(13)9-11-4-3-5-12(8-11)21-2/h3-5,8,13H,6-7,9-10H2,1-2H3,(H,16,18)/t13-/m0/s1. The van der Waals surface area contributed by atoms with Gasteiger partial charge in [0.1, 0.15) is 18.4 Å². The van der Waals surface area contributed by atoms with E-state index in [4.69, 9.17) is 14.2 Å². The lowest BCUT2D eigenvalue weighted by molar-refractivity contribution is -0.125. The number of carbonyl (C=O) groups excluding carboxylic acids is 2. The molecule has 0 bridgehead atoms. The summed E-state index contributed by atoms with van der Waals surface area (Å²) < 4.78 is 15.0. The summed E-state index contributed by atoms with van der Waals surface area (Å²) in [5.74, 6) is 0.456. The van der Waals surface area contributed by atoms with Crippen LogP contribution in [-0.2, 0) is 20.8 Å². The van der Waals surface area contributed by atoms with Gasteiger partial charge in [0.25, 0.3) is 0 Å². The van der Waals surface area contributed by atoms with Gasteiger partial charge in [-0.3, -0.25) is 9.69 Å². The second-order valence-corrected chi connectivity index (χ2v) is 4.86. The molecule has 2 amide bonds. The van der Waals surface area contributed by atoms with Crippen LogP contribution in [0.3, 0.4) is 0 Å². The monoisotopic (exact) mass is 308 g/mol. The Balaban J connectivity index is 2.02. The normalized spacial score (nSPS) is 17.3. The summed E-state index contributed by atoms with van der Waals surface area (Å²) in [5, 5.41) is 2.72. The van der Waals surface area contributed by atoms with E-state index in [0.29, 0.717) is 25.4 Å². The van der Waals surface area contributed by atoms with E-state index >= 15 is 0 Å². The molecule has 0 radical (unpaired) electrons. The fourth-order valence-electron chi connectivity index (χ4n) is 2.20. The summed E-state index contributed by atoms with van der Waals surface area (Å²) in [7, 11) is 3.14. The Morgan fingerprint density at radius 2 is 2.27 bits per heavy atom. The molecule has 1 aromatic rings. The molecular formula is C15H20N2O5. The summed E-state index contributed by atoms with van der Waals surface area (Å²) in [4.78, 5) is 25.4. The maximum Gasteiger partial charge on any atom is 0.410 e. The van der Waals surface area contributed by atoms with E-state index in [-0.39, 0.29) is 12.5 Å². The average molecular weight is 308 g/mol. The summed E-state index contributed by atoms with van der Waals surface area (Å²) >= 11 is 0. The smallest absolute Gasteiger partial charge is 0.410 e. The van der Waals surface area contributed by atoms with E-state index in [1.165, 1.54) is 4.90 Å². The van der Waals surface area contributed by atoms with Crippen LogP contribution >= 0.6 is 0 Å². The minimum atomic E-state index is -0.629. The van der Waals surface area contributed by atoms with Crippen molar-refractivity contribution in [3.05, 3.63) is 29.8 Å². The van der Waals surface area contributed by atoms with E-state index < -0.39 is 12.1 Å². The lowest BCUT2D eigenvalue weighted by Gasteiger charge is -2.21. The van der Waals surface area contributed by atoms with E-state index in [2.05, 4.69) is 5.32 Å². The van der Waals surface area contributed by atoms with Gasteiger partial charge in [0.2, 0.25) is 5.91 Å². The molecule has 1 atom stereocenters. The van der Waals surface area contributed by atoms with Gasteiger partial charge < -0.3 is 19.5 Å². The average Bonchev–Trinajstić information content (AvgIpc) is 2.89. The summed E-state index contributed by atoms with van der Waals surface area (Å²) in [6.45, 7) is 1.16. The lowest BCUT2D eigenvalue weighted by atomic mass is 10.1. The van der Waals surface area contributed by atoms with Crippen molar-refractivity contribution in [2.45, 2.75) is 12.6 Å². The topological polar surface area (TPSA) is 77.1 Å². The maximum absolute atomic E-state index is 12.1. The predicted molar refractivity (Wildman–Crippen MR) is 78.6 cm³/mol. The van der Waals surface area contributed by atoms with Gasteiger partial charge >= 0.3 is 6.09 Å². The minimum absolute atomic E-state index is 0.0572. The molecule has 0 aromatic heterocycles.